The van der Waals surface area contributed by atoms with E-state index in [0.717, 1.165) is 19.3 Å². The van der Waals surface area contributed by atoms with Crippen molar-refractivity contribution in [3.63, 3.8) is 0 Å². The minimum atomic E-state index is -1.47. The molecular formula is C22H43NO4. The maximum Gasteiger partial charge on any atom is 0.313 e. The maximum atomic E-state index is 11.9. The van der Waals surface area contributed by atoms with Gasteiger partial charge in [0.25, 0.3) is 0 Å². The number of hydrogen-bond acceptors (Lipinski definition) is 3. The third-order valence-electron chi connectivity index (χ3n) is 6.90. The molecule has 0 radical (unpaired) electrons. The lowest BCUT2D eigenvalue weighted by Crippen LogP contribution is -2.72. The first-order valence-corrected chi connectivity index (χ1v) is 10.8. The summed E-state index contributed by atoms with van der Waals surface area (Å²) < 4.78 is 0.111. The van der Waals surface area contributed by atoms with Gasteiger partial charge in [-0.25, -0.2) is 0 Å². The smallest absolute Gasteiger partial charge is 0.313 e. The van der Waals surface area contributed by atoms with E-state index in [1.165, 1.54) is 65.2 Å². The van der Waals surface area contributed by atoms with Crippen LogP contribution in [0.5, 0.6) is 0 Å². The van der Waals surface area contributed by atoms with E-state index in [1.54, 1.807) is 0 Å². The predicted octanol–water partition coefficient (Wildman–Crippen LogP) is 3.99. The molecule has 5 nitrogen and oxygen atoms in total. The summed E-state index contributed by atoms with van der Waals surface area (Å²) in [6.45, 7) is 7.23. The summed E-state index contributed by atoms with van der Waals surface area (Å²) in [5.74, 6) is -3.41. The van der Waals surface area contributed by atoms with Crippen molar-refractivity contribution < 1.29 is 24.3 Å². The number of unbranched alkanes of at least 4 members (excludes halogenated alkanes) is 9. The number of aliphatic carboxylic acids is 2. The zero-order valence-electron chi connectivity index (χ0n) is 18.6. The molecule has 0 heterocycles. The molecule has 0 saturated carbocycles. The summed E-state index contributed by atoms with van der Waals surface area (Å²) in [5, 5.41) is 21.2. The average Bonchev–Trinajstić information content (AvgIpc) is 2.61. The van der Waals surface area contributed by atoms with Gasteiger partial charge in [-0.05, 0) is 33.6 Å². The van der Waals surface area contributed by atoms with Gasteiger partial charge < -0.3 is 19.5 Å². The molecule has 0 aliphatic rings. The molecule has 0 aromatic heterocycles. The molecule has 160 valence electrons. The fraction of sp³-hybridized carbons (Fsp3) is 0.909. The topological polar surface area (TPSA) is 77.4 Å². The number of hydrogen-bond donors (Lipinski definition) is 1. The van der Waals surface area contributed by atoms with E-state index < -0.39 is 23.4 Å². The van der Waals surface area contributed by atoms with Crippen molar-refractivity contribution in [3.05, 3.63) is 0 Å². The fourth-order valence-corrected chi connectivity index (χ4v) is 3.86. The summed E-state index contributed by atoms with van der Waals surface area (Å²) in [6, 6.07) is 0.0451. The summed E-state index contributed by atoms with van der Waals surface area (Å²) >= 11 is 0. The molecule has 0 aliphatic heterocycles. The first-order chi connectivity index (χ1) is 12.5. The number of rotatable bonds is 16. The van der Waals surface area contributed by atoms with E-state index >= 15 is 0 Å². The van der Waals surface area contributed by atoms with Crippen LogP contribution < -0.4 is 5.11 Å². The van der Waals surface area contributed by atoms with Gasteiger partial charge in [-0.2, -0.15) is 0 Å². The van der Waals surface area contributed by atoms with E-state index in [1.807, 2.05) is 21.0 Å². The quantitative estimate of drug-likeness (QED) is 0.322. The Balaban J connectivity index is 4.40. The highest BCUT2D eigenvalue weighted by Gasteiger charge is 2.52. The van der Waals surface area contributed by atoms with Crippen molar-refractivity contribution >= 4 is 11.9 Å². The molecule has 0 amide bonds. The molecule has 0 aromatic carbocycles. The maximum absolute atomic E-state index is 11.9. The molecule has 5 heteroatoms. The third-order valence-corrected chi connectivity index (χ3v) is 6.90. The lowest BCUT2D eigenvalue weighted by molar-refractivity contribution is -0.956. The normalized spacial score (nSPS) is 16.5. The molecule has 0 aromatic rings. The summed E-state index contributed by atoms with van der Waals surface area (Å²) in [4.78, 5) is 23.3. The van der Waals surface area contributed by atoms with Crippen molar-refractivity contribution in [1.82, 2.24) is 0 Å². The minimum Gasteiger partial charge on any atom is -0.544 e. The molecule has 1 N–H and O–H groups in total. The fourth-order valence-electron chi connectivity index (χ4n) is 3.86. The number of likely N-dealkylation sites (N-methyl/N-ethyl adjacent to an activating group) is 1. The van der Waals surface area contributed by atoms with Crippen LogP contribution in [-0.2, 0) is 9.59 Å². The van der Waals surface area contributed by atoms with Gasteiger partial charge in [0.2, 0.25) is 0 Å². The first-order valence-electron chi connectivity index (χ1n) is 10.8. The Kier molecular flexibility index (Phi) is 11.9. The average molecular weight is 386 g/mol. The van der Waals surface area contributed by atoms with Gasteiger partial charge in [-0.3, -0.25) is 4.79 Å². The van der Waals surface area contributed by atoms with Crippen LogP contribution in [0.4, 0.5) is 0 Å². The van der Waals surface area contributed by atoms with Crippen molar-refractivity contribution in [2.45, 2.75) is 110 Å². The molecule has 0 rings (SSSR count). The monoisotopic (exact) mass is 385 g/mol. The van der Waals surface area contributed by atoms with Gasteiger partial charge in [-0.1, -0.05) is 64.7 Å². The minimum absolute atomic E-state index is 0.0451. The number of carbonyl (C=O) groups excluding carboxylic acids is 1. The van der Waals surface area contributed by atoms with Gasteiger partial charge in [0.1, 0.15) is 17.4 Å². The van der Waals surface area contributed by atoms with Crippen LogP contribution in [0.25, 0.3) is 0 Å². The molecule has 0 fully saturated rings. The molecule has 0 spiro atoms. The van der Waals surface area contributed by atoms with Crippen LogP contribution in [-0.4, -0.2) is 47.2 Å². The Hall–Kier alpha value is -1.10. The first kappa shape index (κ1) is 25.9. The van der Waals surface area contributed by atoms with Crippen LogP contribution in [0.1, 0.15) is 98.3 Å². The van der Waals surface area contributed by atoms with Crippen LogP contribution in [0.15, 0.2) is 0 Å². The van der Waals surface area contributed by atoms with E-state index in [0.29, 0.717) is 0 Å². The number of quaternary nitrogens is 1. The van der Waals surface area contributed by atoms with Crippen LogP contribution >= 0.6 is 0 Å². The van der Waals surface area contributed by atoms with Crippen molar-refractivity contribution in [1.29, 1.82) is 0 Å². The second kappa shape index (κ2) is 12.4. The highest BCUT2D eigenvalue weighted by molar-refractivity contribution is 5.83. The zero-order chi connectivity index (χ0) is 21.1. The molecule has 0 bridgehead atoms. The van der Waals surface area contributed by atoms with E-state index in [2.05, 4.69) is 6.92 Å². The Labute approximate surface area is 166 Å². The molecule has 0 aliphatic carbocycles. The molecule has 27 heavy (non-hydrogen) atoms. The van der Waals surface area contributed by atoms with E-state index in [4.69, 9.17) is 0 Å². The summed E-state index contributed by atoms with van der Waals surface area (Å²) in [5.41, 5.74) is -1.47. The summed E-state index contributed by atoms with van der Waals surface area (Å²) in [6.07, 6.45) is 13.5. The molecule has 0 saturated heterocycles. The van der Waals surface area contributed by atoms with Crippen molar-refractivity contribution in [2.75, 3.05) is 14.1 Å². The van der Waals surface area contributed by atoms with Crippen LogP contribution in [0.3, 0.4) is 0 Å². The third kappa shape index (κ3) is 7.44. The molecule has 3 unspecified atom stereocenters. The SMILES string of the molecule is CCCCCCCCCCCCC(C)[N+](C)(C)C(C)(C(=O)[O-])C(C)C(=O)O. The Bertz CT molecular complexity index is 450. The van der Waals surface area contributed by atoms with E-state index in [9.17, 15) is 19.8 Å². The highest BCUT2D eigenvalue weighted by atomic mass is 16.4. The lowest BCUT2D eigenvalue weighted by atomic mass is 9.81. The van der Waals surface area contributed by atoms with Crippen LogP contribution in [0.2, 0.25) is 0 Å². The van der Waals surface area contributed by atoms with E-state index in [-0.39, 0.29) is 10.5 Å². The second-order valence-electron chi connectivity index (χ2n) is 8.85. The largest absolute Gasteiger partial charge is 0.544 e. The number of carbonyl (C=O) groups is 2. The van der Waals surface area contributed by atoms with Gasteiger partial charge >= 0.3 is 5.97 Å². The molecule has 3 atom stereocenters. The van der Waals surface area contributed by atoms with Gasteiger partial charge in [0.05, 0.1) is 20.1 Å². The lowest BCUT2D eigenvalue weighted by Gasteiger charge is -2.52. The Morgan fingerprint density at radius 2 is 1.33 bits per heavy atom. The highest BCUT2D eigenvalue weighted by Crippen LogP contribution is 2.33. The van der Waals surface area contributed by atoms with Crippen molar-refractivity contribution in [2.24, 2.45) is 5.92 Å². The predicted molar refractivity (Wildman–Crippen MR) is 108 cm³/mol. The Morgan fingerprint density at radius 1 is 0.926 bits per heavy atom. The zero-order valence-corrected chi connectivity index (χ0v) is 18.6. The number of carboxylic acids is 2. The second-order valence-corrected chi connectivity index (χ2v) is 8.85. The van der Waals surface area contributed by atoms with Crippen molar-refractivity contribution in [3.8, 4) is 0 Å². The van der Waals surface area contributed by atoms with Gasteiger partial charge in [0, 0.05) is 0 Å². The number of nitrogens with zero attached hydrogens (tertiary/aromatic N) is 1. The van der Waals surface area contributed by atoms with Crippen LogP contribution in [0, 0.1) is 5.92 Å². The van der Waals surface area contributed by atoms with Gasteiger partial charge in [0.15, 0.2) is 0 Å². The standard InChI is InChI=1S/C22H43NO4/c1-7-8-9-10-11-12-13-14-15-16-17-18(2)23(5,6)22(4,21(26)27)19(3)20(24)25/h18-19H,7-17H2,1-6H3,(H-,24,25,26,27). The van der Waals surface area contributed by atoms with Gasteiger partial charge in [-0.15, -0.1) is 0 Å². The number of carboxylic acid groups (broad SMARTS) is 2. The molecular weight excluding hydrogens is 342 g/mol. The summed E-state index contributed by atoms with van der Waals surface area (Å²) in [7, 11) is 3.63. The Morgan fingerprint density at radius 3 is 1.70 bits per heavy atom.